The molecule has 0 radical (unpaired) electrons. The fourth-order valence-corrected chi connectivity index (χ4v) is 2.09. The summed E-state index contributed by atoms with van der Waals surface area (Å²) in [5.74, 6) is 0. The van der Waals surface area contributed by atoms with Gasteiger partial charge in [-0.15, -0.1) is 0 Å². The second kappa shape index (κ2) is 3.75. The van der Waals surface area contributed by atoms with Crippen LogP contribution in [0.2, 0.25) is 0 Å². The van der Waals surface area contributed by atoms with Crippen molar-refractivity contribution in [3.63, 3.8) is 0 Å². The minimum Gasteiger partial charge on any atom is -0.472 e. The first-order chi connectivity index (χ1) is 6.73. The molecule has 2 heterocycles. The Balaban J connectivity index is 2.01. The lowest BCUT2D eigenvalue weighted by Crippen LogP contribution is -2.35. The third-order valence-electron chi connectivity index (χ3n) is 2.83. The van der Waals surface area contributed by atoms with E-state index in [9.17, 15) is 0 Å². The molecule has 1 fully saturated rings. The van der Waals surface area contributed by atoms with Crippen LogP contribution in [0.25, 0.3) is 0 Å². The summed E-state index contributed by atoms with van der Waals surface area (Å²) >= 11 is 0. The molecule has 2 rings (SSSR count). The highest BCUT2D eigenvalue weighted by atomic mass is 16.5. The van der Waals surface area contributed by atoms with E-state index in [4.69, 9.17) is 9.15 Å². The van der Waals surface area contributed by atoms with Crippen LogP contribution in [0.5, 0.6) is 0 Å². The summed E-state index contributed by atoms with van der Waals surface area (Å²) in [5.41, 5.74) is 1.14. The fraction of sp³-hybridized carbons (Fsp3) is 0.636. The first kappa shape index (κ1) is 9.74. The molecule has 3 heteroatoms. The Morgan fingerprint density at radius 2 is 2.50 bits per heavy atom. The van der Waals surface area contributed by atoms with Gasteiger partial charge in [0.15, 0.2) is 0 Å². The summed E-state index contributed by atoms with van der Waals surface area (Å²) in [6, 6.07) is 1.98. The van der Waals surface area contributed by atoms with Crippen LogP contribution in [0.1, 0.15) is 31.4 Å². The van der Waals surface area contributed by atoms with Gasteiger partial charge in [0.05, 0.1) is 24.2 Å². The molecular formula is C11H17NO2. The van der Waals surface area contributed by atoms with E-state index in [0.717, 1.165) is 24.9 Å². The number of ether oxygens (including phenoxy) is 1. The van der Waals surface area contributed by atoms with Crippen molar-refractivity contribution in [3.8, 4) is 0 Å². The van der Waals surface area contributed by atoms with E-state index < -0.39 is 0 Å². The lowest BCUT2D eigenvalue weighted by Gasteiger charge is -2.24. The van der Waals surface area contributed by atoms with Crippen molar-refractivity contribution in [3.05, 3.63) is 24.2 Å². The van der Waals surface area contributed by atoms with Crippen LogP contribution in [0.15, 0.2) is 23.0 Å². The summed E-state index contributed by atoms with van der Waals surface area (Å²) < 4.78 is 11.1. The van der Waals surface area contributed by atoms with Crippen LogP contribution in [-0.2, 0) is 4.74 Å². The van der Waals surface area contributed by atoms with Gasteiger partial charge >= 0.3 is 0 Å². The molecule has 1 aliphatic heterocycles. The molecule has 1 aromatic rings. The van der Waals surface area contributed by atoms with Gasteiger partial charge in [0, 0.05) is 12.1 Å². The normalized spacial score (nSPS) is 32.3. The zero-order chi connectivity index (χ0) is 10.0. The maximum atomic E-state index is 6.01. The molecule has 1 aromatic heterocycles. The number of rotatable bonds is 3. The Labute approximate surface area is 84.4 Å². The third kappa shape index (κ3) is 1.83. The average Bonchev–Trinajstić information content (AvgIpc) is 2.73. The van der Waals surface area contributed by atoms with Crippen molar-refractivity contribution >= 4 is 0 Å². The van der Waals surface area contributed by atoms with Crippen molar-refractivity contribution in [1.29, 1.82) is 0 Å². The van der Waals surface area contributed by atoms with E-state index in [0.29, 0.717) is 0 Å². The maximum absolute atomic E-state index is 6.01. The topological polar surface area (TPSA) is 34.4 Å². The average molecular weight is 195 g/mol. The molecule has 0 amide bonds. The van der Waals surface area contributed by atoms with Gasteiger partial charge in [0.1, 0.15) is 0 Å². The van der Waals surface area contributed by atoms with Crippen molar-refractivity contribution in [1.82, 2.24) is 5.32 Å². The van der Waals surface area contributed by atoms with Gasteiger partial charge < -0.3 is 14.5 Å². The second-order valence-corrected chi connectivity index (χ2v) is 4.18. The Hall–Kier alpha value is -0.800. The van der Waals surface area contributed by atoms with Gasteiger partial charge in [-0.25, -0.2) is 0 Å². The van der Waals surface area contributed by atoms with Crippen LogP contribution in [0, 0.1) is 0 Å². The molecular weight excluding hydrogens is 178 g/mol. The van der Waals surface area contributed by atoms with E-state index in [2.05, 4.69) is 12.2 Å². The largest absolute Gasteiger partial charge is 0.472 e. The van der Waals surface area contributed by atoms with E-state index in [1.807, 2.05) is 13.1 Å². The van der Waals surface area contributed by atoms with Crippen molar-refractivity contribution < 1.29 is 9.15 Å². The van der Waals surface area contributed by atoms with Crippen molar-refractivity contribution in [2.75, 3.05) is 13.6 Å². The van der Waals surface area contributed by atoms with Gasteiger partial charge in [-0.2, -0.15) is 0 Å². The minimum atomic E-state index is -0.0172. The first-order valence-electron chi connectivity index (χ1n) is 5.08. The molecule has 1 saturated heterocycles. The summed E-state index contributed by atoms with van der Waals surface area (Å²) in [7, 11) is 1.96. The highest BCUT2D eigenvalue weighted by molar-refractivity contribution is 5.12. The molecule has 2 atom stereocenters. The molecule has 0 aromatic carbocycles. The molecule has 14 heavy (non-hydrogen) atoms. The van der Waals surface area contributed by atoms with Gasteiger partial charge in [-0.1, -0.05) is 0 Å². The minimum absolute atomic E-state index is 0.0172. The standard InChI is InChI=1S/C11H17NO2/c1-11(8-12-2)5-3-10(14-11)9-4-6-13-7-9/h4,6-7,10,12H,3,5,8H2,1-2H3. The van der Waals surface area contributed by atoms with E-state index >= 15 is 0 Å². The number of furan rings is 1. The number of likely N-dealkylation sites (N-methyl/N-ethyl adjacent to an activating group) is 1. The third-order valence-corrected chi connectivity index (χ3v) is 2.83. The molecule has 78 valence electrons. The fourth-order valence-electron chi connectivity index (χ4n) is 2.09. The van der Waals surface area contributed by atoms with Crippen molar-refractivity contribution in [2.45, 2.75) is 31.5 Å². The van der Waals surface area contributed by atoms with Crippen molar-refractivity contribution in [2.24, 2.45) is 0 Å². The predicted molar refractivity (Wildman–Crippen MR) is 54.1 cm³/mol. The second-order valence-electron chi connectivity index (χ2n) is 4.18. The van der Waals surface area contributed by atoms with Gasteiger partial charge in [0.2, 0.25) is 0 Å². The highest BCUT2D eigenvalue weighted by Crippen LogP contribution is 2.38. The van der Waals surface area contributed by atoms with E-state index in [1.54, 1.807) is 12.5 Å². The molecule has 1 aliphatic rings. The molecule has 0 bridgehead atoms. The van der Waals surface area contributed by atoms with Crippen LogP contribution < -0.4 is 5.32 Å². The molecule has 2 unspecified atom stereocenters. The number of hydrogen-bond donors (Lipinski definition) is 1. The number of hydrogen-bond acceptors (Lipinski definition) is 3. The van der Waals surface area contributed by atoms with Crippen LogP contribution >= 0.6 is 0 Å². The lowest BCUT2D eigenvalue weighted by molar-refractivity contribution is -0.0274. The summed E-state index contributed by atoms with van der Waals surface area (Å²) in [6.45, 7) is 3.06. The highest BCUT2D eigenvalue weighted by Gasteiger charge is 2.36. The van der Waals surface area contributed by atoms with Gasteiger partial charge in [0.25, 0.3) is 0 Å². The zero-order valence-corrected chi connectivity index (χ0v) is 8.75. The quantitative estimate of drug-likeness (QED) is 0.802. The van der Waals surface area contributed by atoms with E-state index in [1.165, 1.54) is 0 Å². The molecule has 0 spiro atoms. The van der Waals surface area contributed by atoms with Gasteiger partial charge in [-0.3, -0.25) is 0 Å². The molecule has 1 N–H and O–H groups in total. The Morgan fingerprint density at radius 3 is 3.14 bits per heavy atom. The Bertz CT molecular complexity index is 283. The zero-order valence-electron chi connectivity index (χ0n) is 8.75. The van der Waals surface area contributed by atoms with Crippen LogP contribution in [0.4, 0.5) is 0 Å². The number of nitrogens with one attached hydrogen (secondary N) is 1. The first-order valence-corrected chi connectivity index (χ1v) is 5.08. The summed E-state index contributed by atoms with van der Waals surface area (Å²) in [6.07, 6.45) is 5.87. The van der Waals surface area contributed by atoms with Crippen LogP contribution in [-0.4, -0.2) is 19.2 Å². The predicted octanol–water partition coefficient (Wildman–Crippen LogP) is 2.11. The Morgan fingerprint density at radius 1 is 1.64 bits per heavy atom. The summed E-state index contributed by atoms with van der Waals surface area (Å²) in [4.78, 5) is 0. The van der Waals surface area contributed by atoms with E-state index in [-0.39, 0.29) is 11.7 Å². The smallest absolute Gasteiger partial charge is 0.0960 e. The lowest BCUT2D eigenvalue weighted by atomic mass is 10.0. The van der Waals surface area contributed by atoms with Crippen LogP contribution in [0.3, 0.4) is 0 Å². The molecule has 3 nitrogen and oxygen atoms in total. The monoisotopic (exact) mass is 195 g/mol. The Kier molecular flexibility index (Phi) is 2.61. The SMILES string of the molecule is CNCC1(C)CCC(c2ccoc2)O1. The molecule has 0 saturated carbocycles. The summed E-state index contributed by atoms with van der Waals surface area (Å²) in [5, 5.41) is 3.17. The van der Waals surface area contributed by atoms with Gasteiger partial charge in [-0.05, 0) is 32.9 Å². The maximum Gasteiger partial charge on any atom is 0.0960 e. The molecule has 0 aliphatic carbocycles.